The molecule has 2 aliphatic carbocycles. The third kappa shape index (κ3) is 4.61. The molecule has 2 aliphatic rings. The molecule has 184 valence electrons. The molecule has 0 radical (unpaired) electrons. The number of nitriles is 1. The van der Waals surface area contributed by atoms with E-state index in [2.05, 4.69) is 26.8 Å². The van der Waals surface area contributed by atoms with Crippen LogP contribution in [0.4, 0.5) is 11.6 Å². The van der Waals surface area contributed by atoms with Crippen molar-refractivity contribution in [1.82, 2.24) is 14.6 Å². The zero-order valence-corrected chi connectivity index (χ0v) is 20.2. The van der Waals surface area contributed by atoms with Gasteiger partial charge >= 0.3 is 0 Å². The summed E-state index contributed by atoms with van der Waals surface area (Å²) in [7, 11) is 0. The number of hydrogen-bond donors (Lipinski definition) is 2. The van der Waals surface area contributed by atoms with Crippen LogP contribution >= 0.6 is 0 Å². The van der Waals surface area contributed by atoms with Crippen molar-refractivity contribution in [2.75, 3.05) is 10.6 Å². The van der Waals surface area contributed by atoms with E-state index < -0.39 is 5.41 Å². The van der Waals surface area contributed by atoms with Crippen molar-refractivity contribution in [3.05, 3.63) is 77.5 Å². The number of hydrogen-bond acceptors (Lipinski definition) is 6. The summed E-state index contributed by atoms with van der Waals surface area (Å²) in [4.78, 5) is 29.3. The summed E-state index contributed by atoms with van der Waals surface area (Å²) in [5, 5.41) is 19.5. The van der Waals surface area contributed by atoms with Crippen LogP contribution in [0.25, 0.3) is 5.65 Å². The molecule has 2 aromatic heterocycles. The second-order valence-corrected chi connectivity index (χ2v) is 9.68. The topological polar surface area (TPSA) is 121 Å². The normalized spacial score (nSPS) is 15.6. The number of nitrogens with one attached hydrogen (secondary N) is 2. The molecule has 6 rings (SSSR count). The van der Waals surface area contributed by atoms with Crippen LogP contribution in [0.5, 0.6) is 11.5 Å². The summed E-state index contributed by atoms with van der Waals surface area (Å²) in [5.41, 5.74) is 3.00. The summed E-state index contributed by atoms with van der Waals surface area (Å²) in [6.07, 6.45) is 5.15. The van der Waals surface area contributed by atoms with Gasteiger partial charge in [-0.2, -0.15) is 10.2 Å². The number of rotatable bonds is 7. The van der Waals surface area contributed by atoms with E-state index in [1.54, 1.807) is 41.0 Å². The average molecular weight is 493 g/mol. The van der Waals surface area contributed by atoms with Gasteiger partial charge in [0.25, 0.3) is 5.91 Å². The van der Waals surface area contributed by atoms with Crippen LogP contribution in [0.2, 0.25) is 0 Å². The smallest absolute Gasteiger partial charge is 0.255 e. The van der Waals surface area contributed by atoms with Crippen molar-refractivity contribution < 1.29 is 14.3 Å². The largest absolute Gasteiger partial charge is 0.455 e. The molecule has 4 aromatic rings. The van der Waals surface area contributed by atoms with E-state index in [1.807, 2.05) is 31.2 Å². The minimum absolute atomic E-state index is 0.0503. The molecule has 2 saturated carbocycles. The number of nitrogens with zero attached hydrogens (tertiary/aromatic N) is 4. The maximum Gasteiger partial charge on any atom is 0.255 e. The molecular formula is C28H24N6O3. The molecule has 2 N–H and O–H groups in total. The van der Waals surface area contributed by atoms with E-state index in [-0.39, 0.29) is 23.7 Å². The van der Waals surface area contributed by atoms with Gasteiger partial charge in [-0.05, 0) is 74.1 Å². The number of aromatic nitrogens is 3. The van der Waals surface area contributed by atoms with Crippen molar-refractivity contribution in [2.24, 2.45) is 5.92 Å². The van der Waals surface area contributed by atoms with Crippen LogP contribution < -0.4 is 15.4 Å². The highest BCUT2D eigenvalue weighted by Crippen LogP contribution is 2.47. The first-order valence-corrected chi connectivity index (χ1v) is 12.2. The summed E-state index contributed by atoms with van der Waals surface area (Å²) >= 11 is 0. The predicted molar refractivity (Wildman–Crippen MR) is 137 cm³/mol. The first kappa shape index (κ1) is 22.7. The molecule has 0 saturated heterocycles. The van der Waals surface area contributed by atoms with E-state index in [1.165, 1.54) is 0 Å². The molecule has 0 spiro atoms. The van der Waals surface area contributed by atoms with Crippen LogP contribution in [0.1, 0.15) is 47.2 Å². The number of carbonyl (C=O) groups excluding carboxylic acids is 2. The van der Waals surface area contributed by atoms with Gasteiger partial charge in [-0.3, -0.25) is 14.9 Å². The van der Waals surface area contributed by atoms with E-state index in [0.29, 0.717) is 28.4 Å². The van der Waals surface area contributed by atoms with Crippen LogP contribution in [-0.4, -0.2) is 26.4 Å². The molecule has 2 aromatic carbocycles. The van der Waals surface area contributed by atoms with Crippen LogP contribution in [0.15, 0.2) is 60.8 Å². The van der Waals surface area contributed by atoms with Gasteiger partial charge in [-0.25, -0.2) is 4.52 Å². The number of ether oxygens (including phenoxy) is 1. The van der Waals surface area contributed by atoms with Crippen molar-refractivity contribution in [2.45, 2.75) is 38.0 Å². The Labute approximate surface area is 213 Å². The van der Waals surface area contributed by atoms with E-state index >= 15 is 0 Å². The minimum Gasteiger partial charge on any atom is -0.455 e. The lowest BCUT2D eigenvalue weighted by atomic mass is 9.96. The first-order chi connectivity index (χ1) is 17.9. The number of pyridine rings is 1. The predicted octanol–water partition coefficient (Wildman–Crippen LogP) is 4.99. The SMILES string of the molecule is Cc1ccc(NC(=O)c2cccc(C3(C#N)CC3)c2)cc1Oc1ccc2nc(NC(=O)C3CC3)nn2c1. The number of benzene rings is 2. The molecule has 37 heavy (non-hydrogen) atoms. The number of carbonyl (C=O) groups is 2. The van der Waals surface area contributed by atoms with E-state index in [0.717, 1.165) is 36.8 Å². The fourth-order valence-corrected chi connectivity index (χ4v) is 4.20. The Morgan fingerprint density at radius 3 is 2.70 bits per heavy atom. The Balaban J connectivity index is 1.18. The van der Waals surface area contributed by atoms with Crippen molar-refractivity contribution in [1.29, 1.82) is 5.26 Å². The molecule has 0 unspecified atom stereocenters. The quantitative estimate of drug-likeness (QED) is 0.375. The highest BCUT2D eigenvalue weighted by molar-refractivity contribution is 6.04. The van der Waals surface area contributed by atoms with Crippen LogP contribution in [0, 0.1) is 24.2 Å². The number of aryl methyl sites for hydroxylation is 1. The molecule has 0 aliphatic heterocycles. The van der Waals surface area contributed by atoms with Crippen molar-refractivity contribution in [3.8, 4) is 17.6 Å². The Morgan fingerprint density at radius 2 is 1.95 bits per heavy atom. The molecule has 2 amide bonds. The van der Waals surface area contributed by atoms with Gasteiger partial charge in [0, 0.05) is 23.2 Å². The Kier molecular flexibility index (Phi) is 5.37. The van der Waals surface area contributed by atoms with Crippen molar-refractivity contribution in [3.63, 3.8) is 0 Å². The molecule has 9 heteroatoms. The summed E-state index contributed by atoms with van der Waals surface area (Å²) < 4.78 is 7.66. The van der Waals surface area contributed by atoms with Gasteiger partial charge in [0.15, 0.2) is 5.65 Å². The lowest BCUT2D eigenvalue weighted by Crippen LogP contribution is -2.14. The van der Waals surface area contributed by atoms with Gasteiger partial charge in [-0.1, -0.05) is 18.2 Å². The Bertz CT molecular complexity index is 1590. The summed E-state index contributed by atoms with van der Waals surface area (Å²) in [5.74, 6) is 1.14. The van der Waals surface area contributed by atoms with Crippen LogP contribution in [0.3, 0.4) is 0 Å². The maximum atomic E-state index is 12.9. The van der Waals surface area contributed by atoms with Gasteiger partial charge in [0.05, 0.1) is 17.7 Å². The highest BCUT2D eigenvalue weighted by Gasteiger charge is 2.45. The molecule has 0 atom stereocenters. The number of fused-ring (bicyclic) bond motifs is 1. The summed E-state index contributed by atoms with van der Waals surface area (Å²) in [6.45, 7) is 1.92. The Hall–Kier alpha value is -4.71. The second kappa shape index (κ2) is 8.75. The van der Waals surface area contributed by atoms with Crippen LogP contribution in [-0.2, 0) is 10.2 Å². The number of amides is 2. The highest BCUT2D eigenvalue weighted by atomic mass is 16.5. The summed E-state index contributed by atoms with van der Waals surface area (Å²) in [6, 6.07) is 18.6. The minimum atomic E-state index is -0.448. The standard InChI is InChI=1S/C28H24N6O3/c1-17-5-8-21(30-26(36)19-3-2-4-20(13-19)28(16-29)11-12-28)14-23(17)37-22-9-10-24-31-27(33-34(24)15-22)32-25(35)18-6-7-18/h2-5,8-10,13-15,18H,6-7,11-12H2,1H3,(H,30,36)(H,32,33,35). The molecule has 2 heterocycles. The molecule has 9 nitrogen and oxygen atoms in total. The monoisotopic (exact) mass is 492 g/mol. The zero-order valence-electron chi connectivity index (χ0n) is 20.2. The third-order valence-electron chi connectivity index (χ3n) is 6.80. The first-order valence-electron chi connectivity index (χ1n) is 12.2. The Morgan fingerprint density at radius 1 is 1.11 bits per heavy atom. The van der Waals surface area contributed by atoms with Crippen molar-refractivity contribution >= 4 is 29.1 Å². The van der Waals surface area contributed by atoms with Gasteiger partial charge in [-0.15, -0.1) is 5.10 Å². The molecular weight excluding hydrogens is 468 g/mol. The lowest BCUT2D eigenvalue weighted by Gasteiger charge is -2.12. The zero-order chi connectivity index (χ0) is 25.6. The fourth-order valence-electron chi connectivity index (χ4n) is 4.20. The molecule has 2 fully saturated rings. The van der Waals surface area contributed by atoms with Gasteiger partial charge in [0.1, 0.15) is 11.5 Å². The maximum absolute atomic E-state index is 12.9. The van der Waals surface area contributed by atoms with Gasteiger partial charge < -0.3 is 10.1 Å². The average Bonchev–Trinajstić information content (AvgIpc) is 3.83. The third-order valence-corrected chi connectivity index (χ3v) is 6.80. The van der Waals surface area contributed by atoms with E-state index in [9.17, 15) is 14.9 Å². The lowest BCUT2D eigenvalue weighted by molar-refractivity contribution is -0.117. The van der Waals surface area contributed by atoms with Gasteiger partial charge in [0.2, 0.25) is 11.9 Å². The fraction of sp³-hybridized carbons (Fsp3) is 0.250. The van der Waals surface area contributed by atoms with E-state index in [4.69, 9.17) is 4.74 Å². The second-order valence-electron chi connectivity index (χ2n) is 9.68. The molecule has 0 bridgehead atoms. The number of anilines is 2.